The lowest BCUT2D eigenvalue weighted by molar-refractivity contribution is -0.132. The molecule has 0 aliphatic rings. The molecular formula is C28H32O4. The molecule has 32 heavy (non-hydrogen) atoms. The first-order valence-corrected chi connectivity index (χ1v) is 10.2. The molecule has 0 aromatic heterocycles. The van der Waals surface area contributed by atoms with Crippen LogP contribution >= 0.6 is 0 Å². The maximum atomic E-state index is 11.2. The number of ketones is 4. The van der Waals surface area contributed by atoms with Gasteiger partial charge in [0.15, 0.2) is 11.6 Å². The summed E-state index contributed by atoms with van der Waals surface area (Å²) in [5.41, 5.74) is 3.85. The van der Waals surface area contributed by atoms with Gasteiger partial charge in [0.1, 0.15) is 0 Å². The molecule has 0 rings (SSSR count). The van der Waals surface area contributed by atoms with Crippen molar-refractivity contribution in [1.82, 2.24) is 0 Å². The Morgan fingerprint density at radius 2 is 0.656 bits per heavy atom. The minimum absolute atomic E-state index is 0.475. The average Bonchev–Trinajstić information content (AvgIpc) is 2.73. The van der Waals surface area contributed by atoms with Gasteiger partial charge in [-0.3, -0.25) is 19.2 Å². The molecule has 0 unspecified atom stereocenters. The predicted octanol–water partition coefficient (Wildman–Crippen LogP) is 5.87. The van der Waals surface area contributed by atoms with E-state index in [1.54, 1.807) is 12.2 Å². The van der Waals surface area contributed by atoms with Gasteiger partial charge in [0.25, 0.3) is 0 Å². The van der Waals surface area contributed by atoms with Crippen LogP contribution in [0.4, 0.5) is 0 Å². The topological polar surface area (TPSA) is 68.3 Å². The summed E-state index contributed by atoms with van der Waals surface area (Å²) in [6, 6.07) is 0. The molecule has 0 aromatic rings. The average molecular weight is 433 g/mol. The Labute approximate surface area is 191 Å². The van der Waals surface area contributed by atoms with E-state index in [0.717, 1.165) is 22.3 Å². The molecule has 0 aliphatic carbocycles. The van der Waals surface area contributed by atoms with Gasteiger partial charge in [0, 0.05) is 13.8 Å². The lowest BCUT2D eigenvalue weighted by Gasteiger charge is -1.91. The highest BCUT2D eigenvalue weighted by Gasteiger charge is 2.01. The lowest BCUT2D eigenvalue weighted by Crippen LogP contribution is -2.04. The second kappa shape index (κ2) is 16.1. The summed E-state index contributed by atoms with van der Waals surface area (Å²) in [5, 5.41) is 0. The van der Waals surface area contributed by atoms with E-state index in [1.165, 1.54) is 26.0 Å². The zero-order chi connectivity index (χ0) is 24.5. The second-order valence-corrected chi connectivity index (χ2v) is 7.25. The summed E-state index contributed by atoms with van der Waals surface area (Å²) in [4.78, 5) is 44.3. The molecule has 0 heterocycles. The van der Waals surface area contributed by atoms with Gasteiger partial charge in [0.2, 0.25) is 11.6 Å². The van der Waals surface area contributed by atoms with Crippen LogP contribution in [-0.4, -0.2) is 23.1 Å². The van der Waals surface area contributed by atoms with Crippen molar-refractivity contribution in [3.8, 4) is 0 Å². The van der Waals surface area contributed by atoms with E-state index in [4.69, 9.17) is 0 Å². The Kier molecular flexibility index (Phi) is 14.2. The standard InChI is InChI=1S/C28H32O4/c1-21(13-9-15-23(3)17-19-27(31)25(5)29)11-7-8-12-22(2)14-10-16-24(4)18-20-28(32)26(6)30/h7-20H,1-6H3/b8-7+,13-9+,14-10+,19-17+,20-18+,21-11+,22-12+,23-15+,24-16+. The highest BCUT2D eigenvalue weighted by Crippen LogP contribution is 2.02. The monoisotopic (exact) mass is 432 g/mol. The van der Waals surface area contributed by atoms with E-state index < -0.39 is 23.1 Å². The van der Waals surface area contributed by atoms with E-state index in [0.29, 0.717) is 0 Å². The molecule has 0 N–H and O–H groups in total. The number of carbonyl (C=O) groups excluding carboxylic acids is 4. The molecule has 0 bridgehead atoms. The smallest absolute Gasteiger partial charge is 0.221 e. The van der Waals surface area contributed by atoms with Crippen molar-refractivity contribution in [1.29, 1.82) is 0 Å². The molecule has 4 nitrogen and oxygen atoms in total. The van der Waals surface area contributed by atoms with Gasteiger partial charge in [-0.1, -0.05) is 95.2 Å². The van der Waals surface area contributed by atoms with Crippen LogP contribution < -0.4 is 0 Å². The van der Waals surface area contributed by atoms with Crippen LogP contribution in [0.3, 0.4) is 0 Å². The third-order valence-electron chi connectivity index (χ3n) is 3.95. The molecule has 168 valence electrons. The Bertz CT molecular complexity index is 904. The van der Waals surface area contributed by atoms with Crippen LogP contribution in [0.15, 0.2) is 107 Å². The normalized spacial score (nSPS) is 14.6. The van der Waals surface area contributed by atoms with Crippen LogP contribution in [0.25, 0.3) is 0 Å². The van der Waals surface area contributed by atoms with Gasteiger partial charge in [0.05, 0.1) is 0 Å². The SMILES string of the molecule is CC(=O)C(=O)/C=C/C(C)=C/C=C/C(C)=C/C=C/C=C(C)/C=C/C=C(C)/C=C/C(=O)C(C)=O. The minimum atomic E-state index is -0.509. The van der Waals surface area contributed by atoms with Crippen molar-refractivity contribution >= 4 is 23.1 Å². The van der Waals surface area contributed by atoms with Gasteiger partial charge in [-0.25, -0.2) is 0 Å². The Morgan fingerprint density at radius 1 is 0.375 bits per heavy atom. The molecule has 0 spiro atoms. The summed E-state index contributed by atoms with van der Waals surface area (Å²) in [5.74, 6) is -1.97. The molecule has 4 heteroatoms. The van der Waals surface area contributed by atoms with E-state index in [9.17, 15) is 19.2 Å². The molecule has 0 aliphatic heterocycles. The van der Waals surface area contributed by atoms with E-state index in [2.05, 4.69) is 0 Å². The summed E-state index contributed by atoms with van der Waals surface area (Å²) in [6.45, 7) is 10.2. The highest BCUT2D eigenvalue weighted by molar-refractivity contribution is 6.41. The first-order valence-electron chi connectivity index (χ1n) is 10.2. The summed E-state index contributed by atoms with van der Waals surface area (Å²) < 4.78 is 0. The Hall–Kier alpha value is -3.66. The predicted molar refractivity (Wildman–Crippen MR) is 132 cm³/mol. The van der Waals surface area contributed by atoms with Crippen molar-refractivity contribution in [2.75, 3.05) is 0 Å². The van der Waals surface area contributed by atoms with E-state index in [1.807, 2.05) is 88.5 Å². The van der Waals surface area contributed by atoms with Gasteiger partial charge < -0.3 is 0 Å². The third kappa shape index (κ3) is 15.2. The third-order valence-corrected chi connectivity index (χ3v) is 3.95. The number of Topliss-reactive ketones (excluding diaryl/α,β-unsaturated/α-hetero) is 2. The molecular weight excluding hydrogens is 400 g/mol. The number of allylic oxidation sites excluding steroid dienone is 18. The fourth-order valence-corrected chi connectivity index (χ4v) is 1.99. The first-order chi connectivity index (χ1) is 15.0. The second-order valence-electron chi connectivity index (χ2n) is 7.25. The quantitative estimate of drug-likeness (QED) is 0.220. The highest BCUT2D eigenvalue weighted by atomic mass is 16.2. The first kappa shape index (κ1) is 28.3. The molecule has 0 amide bonds. The molecule has 0 saturated heterocycles. The van der Waals surface area contributed by atoms with Gasteiger partial charge >= 0.3 is 0 Å². The van der Waals surface area contributed by atoms with Crippen LogP contribution in [0.2, 0.25) is 0 Å². The van der Waals surface area contributed by atoms with Crippen LogP contribution in [0, 0.1) is 0 Å². The molecule has 0 aromatic carbocycles. The zero-order valence-corrected chi connectivity index (χ0v) is 19.7. The van der Waals surface area contributed by atoms with Crippen molar-refractivity contribution in [3.05, 3.63) is 107 Å². The Morgan fingerprint density at radius 3 is 0.969 bits per heavy atom. The van der Waals surface area contributed by atoms with Crippen molar-refractivity contribution in [2.24, 2.45) is 0 Å². The summed E-state index contributed by atoms with van der Waals surface area (Å²) in [7, 11) is 0. The minimum Gasteiger partial charge on any atom is -0.291 e. The molecule has 0 radical (unpaired) electrons. The zero-order valence-electron chi connectivity index (χ0n) is 19.7. The summed E-state index contributed by atoms with van der Waals surface area (Å²) >= 11 is 0. The largest absolute Gasteiger partial charge is 0.291 e. The number of hydrogen-bond acceptors (Lipinski definition) is 4. The van der Waals surface area contributed by atoms with Crippen molar-refractivity contribution < 1.29 is 19.2 Å². The number of hydrogen-bond donors (Lipinski definition) is 0. The molecule has 0 atom stereocenters. The van der Waals surface area contributed by atoms with Gasteiger partial charge in [-0.2, -0.15) is 0 Å². The van der Waals surface area contributed by atoms with Crippen molar-refractivity contribution in [3.63, 3.8) is 0 Å². The van der Waals surface area contributed by atoms with Crippen LogP contribution in [-0.2, 0) is 19.2 Å². The van der Waals surface area contributed by atoms with Crippen LogP contribution in [0.1, 0.15) is 41.5 Å². The summed E-state index contributed by atoms with van der Waals surface area (Å²) in [6.07, 6.45) is 25.0. The molecule has 0 saturated carbocycles. The van der Waals surface area contributed by atoms with Gasteiger partial charge in [-0.15, -0.1) is 0 Å². The molecule has 0 fully saturated rings. The number of rotatable bonds is 12. The van der Waals surface area contributed by atoms with Crippen molar-refractivity contribution in [2.45, 2.75) is 41.5 Å². The van der Waals surface area contributed by atoms with E-state index in [-0.39, 0.29) is 0 Å². The Balaban J connectivity index is 4.76. The van der Waals surface area contributed by atoms with Gasteiger partial charge in [-0.05, 0) is 39.8 Å². The maximum Gasteiger partial charge on any atom is 0.221 e. The van der Waals surface area contributed by atoms with E-state index >= 15 is 0 Å². The lowest BCUT2D eigenvalue weighted by atomic mass is 10.2. The fraction of sp³-hybridized carbons (Fsp3) is 0.214. The maximum absolute atomic E-state index is 11.2. The fourth-order valence-electron chi connectivity index (χ4n) is 1.99. The number of carbonyl (C=O) groups is 4. The van der Waals surface area contributed by atoms with Crippen LogP contribution in [0.5, 0.6) is 0 Å².